The SMILES string of the molecule is Bc1c(B)c(B)c2c(-c3ccc4cc(-c5ccc6oc7c8ccccc8ccc7c6c5)ccc4c3)c3c(B)c(B)c(B)c(B)c3c(-c3ccccc3)c2c1B. The Hall–Kier alpha value is -5.66. The minimum Gasteiger partial charge on any atom is -0.455 e. The Morgan fingerprint density at radius 2 is 0.782 bits per heavy atom. The summed E-state index contributed by atoms with van der Waals surface area (Å²) in [4.78, 5) is 0. The lowest BCUT2D eigenvalue weighted by Crippen LogP contribution is -2.50. The van der Waals surface area contributed by atoms with Crippen molar-refractivity contribution in [3.05, 3.63) is 121 Å². The van der Waals surface area contributed by atoms with E-state index in [1.54, 1.807) is 0 Å². The molecule has 250 valence electrons. The Kier molecular flexibility index (Phi) is 7.66. The van der Waals surface area contributed by atoms with Gasteiger partial charge in [-0.1, -0.05) is 113 Å². The van der Waals surface area contributed by atoms with Crippen LogP contribution in [-0.2, 0) is 0 Å². The van der Waals surface area contributed by atoms with E-state index in [4.69, 9.17) is 4.42 Å². The molecule has 0 saturated carbocycles. The van der Waals surface area contributed by atoms with Crippen LogP contribution >= 0.6 is 0 Å². The summed E-state index contributed by atoms with van der Waals surface area (Å²) in [6.45, 7) is 0. The van der Waals surface area contributed by atoms with Gasteiger partial charge in [-0.15, -0.1) is 21.9 Å². The second kappa shape index (κ2) is 12.4. The first kappa shape index (κ1) is 33.9. The average molecular weight is 691 g/mol. The Morgan fingerprint density at radius 3 is 1.40 bits per heavy atom. The van der Waals surface area contributed by atoms with E-state index in [2.05, 4.69) is 184 Å². The normalized spacial score (nSPS) is 11.9. The Labute approximate surface area is 329 Å². The number of fused-ring (bicyclic) bond motifs is 8. The fourth-order valence-corrected chi connectivity index (χ4v) is 9.57. The third-order valence-electron chi connectivity index (χ3n) is 13.3. The topological polar surface area (TPSA) is 13.1 Å². The van der Waals surface area contributed by atoms with Crippen LogP contribution in [-0.4, -0.2) is 62.8 Å². The predicted molar refractivity (Wildman–Crippen MR) is 265 cm³/mol. The lowest BCUT2D eigenvalue weighted by molar-refractivity contribution is 0.672. The third kappa shape index (κ3) is 4.91. The highest BCUT2D eigenvalue weighted by Gasteiger charge is 2.25. The van der Waals surface area contributed by atoms with Gasteiger partial charge in [0.15, 0.2) is 0 Å². The molecule has 0 amide bonds. The fraction of sp³-hybridized carbons (Fsp3) is 0. The summed E-state index contributed by atoms with van der Waals surface area (Å²) in [5, 5.41) is 12.7. The van der Waals surface area contributed by atoms with Crippen LogP contribution in [0.1, 0.15) is 0 Å². The van der Waals surface area contributed by atoms with E-state index in [9.17, 15) is 0 Å². The maximum Gasteiger partial charge on any atom is 0.143 e. The van der Waals surface area contributed by atoms with E-state index in [1.807, 2.05) is 0 Å². The first-order valence-electron chi connectivity index (χ1n) is 19.5. The molecule has 10 aromatic rings. The molecule has 10 rings (SSSR count). The lowest BCUT2D eigenvalue weighted by Gasteiger charge is -2.28. The maximum atomic E-state index is 6.43. The van der Waals surface area contributed by atoms with Crippen molar-refractivity contribution in [2.75, 3.05) is 0 Å². The zero-order valence-corrected chi connectivity index (χ0v) is 33.0. The molecule has 0 aliphatic rings. The molecule has 0 atom stereocenters. The van der Waals surface area contributed by atoms with Crippen LogP contribution in [0.4, 0.5) is 0 Å². The van der Waals surface area contributed by atoms with Crippen LogP contribution in [0, 0.1) is 0 Å². The summed E-state index contributed by atoms with van der Waals surface area (Å²) < 4.78 is 6.43. The zero-order valence-electron chi connectivity index (χ0n) is 33.0. The third-order valence-corrected chi connectivity index (χ3v) is 13.3. The van der Waals surface area contributed by atoms with Crippen molar-refractivity contribution in [1.29, 1.82) is 0 Å². The van der Waals surface area contributed by atoms with Crippen LogP contribution < -0.4 is 43.7 Å². The Morgan fingerprint density at radius 1 is 0.309 bits per heavy atom. The molecular formula is C46H36B8O. The van der Waals surface area contributed by atoms with Gasteiger partial charge < -0.3 is 4.42 Å². The highest BCUT2D eigenvalue weighted by molar-refractivity contribution is 6.71. The van der Waals surface area contributed by atoms with Gasteiger partial charge in [0.25, 0.3) is 0 Å². The molecule has 0 bridgehead atoms. The van der Waals surface area contributed by atoms with Crippen molar-refractivity contribution in [2.24, 2.45) is 0 Å². The highest BCUT2D eigenvalue weighted by atomic mass is 16.3. The molecule has 0 spiro atoms. The zero-order chi connectivity index (χ0) is 37.9. The van der Waals surface area contributed by atoms with Crippen molar-refractivity contribution >= 4 is 172 Å². The largest absolute Gasteiger partial charge is 0.455 e. The molecule has 0 aliphatic heterocycles. The van der Waals surface area contributed by atoms with Gasteiger partial charge in [-0.2, -0.15) is 0 Å². The minimum atomic E-state index is 0.921. The molecule has 9 aromatic carbocycles. The van der Waals surface area contributed by atoms with Gasteiger partial charge in [0.05, 0.1) is 0 Å². The minimum absolute atomic E-state index is 0.921. The fourth-order valence-electron chi connectivity index (χ4n) is 9.57. The molecule has 0 saturated heterocycles. The second-order valence-corrected chi connectivity index (χ2v) is 15.9. The molecule has 9 heteroatoms. The molecular weight excluding hydrogens is 655 g/mol. The van der Waals surface area contributed by atoms with Gasteiger partial charge in [-0.05, 0) is 101 Å². The van der Waals surface area contributed by atoms with E-state index in [1.165, 1.54) is 115 Å². The monoisotopic (exact) mass is 692 g/mol. The number of hydrogen-bond donors (Lipinski definition) is 0. The summed E-state index contributed by atoms with van der Waals surface area (Å²) in [6.07, 6.45) is 0. The maximum absolute atomic E-state index is 6.43. The Bertz CT molecular complexity index is 3220. The van der Waals surface area contributed by atoms with Crippen LogP contribution in [0.3, 0.4) is 0 Å². The van der Waals surface area contributed by atoms with Crippen LogP contribution in [0.25, 0.3) is 98.4 Å². The van der Waals surface area contributed by atoms with Crippen molar-refractivity contribution in [3.63, 3.8) is 0 Å². The van der Waals surface area contributed by atoms with Gasteiger partial charge in [0.2, 0.25) is 0 Å². The average Bonchev–Trinajstić information content (AvgIpc) is 3.61. The molecule has 0 radical (unpaired) electrons. The number of furan rings is 1. The van der Waals surface area contributed by atoms with Crippen molar-refractivity contribution in [3.8, 4) is 33.4 Å². The molecule has 0 fully saturated rings. The molecule has 0 unspecified atom stereocenters. The van der Waals surface area contributed by atoms with Gasteiger partial charge in [0.1, 0.15) is 73.9 Å². The summed E-state index contributed by atoms with van der Waals surface area (Å²) in [6, 6.07) is 44.6. The van der Waals surface area contributed by atoms with Crippen LogP contribution in [0.2, 0.25) is 0 Å². The van der Waals surface area contributed by atoms with Gasteiger partial charge in [-0.3, -0.25) is 0 Å². The summed E-state index contributed by atoms with van der Waals surface area (Å²) >= 11 is 0. The predicted octanol–water partition coefficient (Wildman–Crippen LogP) is -0.733. The lowest BCUT2D eigenvalue weighted by atomic mass is 9.59. The van der Waals surface area contributed by atoms with Gasteiger partial charge in [0, 0.05) is 16.2 Å². The highest BCUT2D eigenvalue weighted by Crippen LogP contribution is 2.42. The van der Waals surface area contributed by atoms with Crippen molar-refractivity contribution < 1.29 is 4.42 Å². The summed E-state index contributed by atoms with van der Waals surface area (Å²) in [7, 11) is 18.6. The van der Waals surface area contributed by atoms with Crippen molar-refractivity contribution in [2.45, 2.75) is 0 Å². The van der Waals surface area contributed by atoms with E-state index < -0.39 is 0 Å². The molecule has 1 aromatic heterocycles. The van der Waals surface area contributed by atoms with E-state index >= 15 is 0 Å². The van der Waals surface area contributed by atoms with Crippen LogP contribution in [0.5, 0.6) is 0 Å². The molecule has 1 heterocycles. The van der Waals surface area contributed by atoms with Gasteiger partial charge in [-0.25, -0.2) is 0 Å². The van der Waals surface area contributed by atoms with Gasteiger partial charge >= 0.3 is 0 Å². The van der Waals surface area contributed by atoms with E-state index in [0.29, 0.717) is 0 Å². The number of hydrogen-bond acceptors (Lipinski definition) is 1. The number of rotatable bonds is 3. The first-order chi connectivity index (χ1) is 26.6. The standard InChI is InChI=1S/C46H36B8O/c47-38-34-32(22-7-2-1-3-8-22)35-37(41(50)45(54)43(52)39(35)48)33(36(34)40(49)44(53)42(38)51)27-13-12-23-18-24(10-11-25(23)19-27)26-15-17-31-30(20-26)29-16-14-21-6-4-5-9-28(21)46(29)55-31/h1-20H,47-54H2. The number of benzene rings is 9. The molecule has 55 heavy (non-hydrogen) atoms. The summed E-state index contributed by atoms with van der Waals surface area (Å²) in [5.74, 6) is 0. The second-order valence-electron chi connectivity index (χ2n) is 15.9. The smallest absolute Gasteiger partial charge is 0.143 e. The van der Waals surface area contributed by atoms with Crippen molar-refractivity contribution in [1.82, 2.24) is 0 Å². The quantitative estimate of drug-likeness (QED) is 0.176. The summed E-state index contributed by atoms with van der Waals surface area (Å²) in [5.41, 5.74) is 20.5. The van der Waals surface area contributed by atoms with E-state index in [-0.39, 0.29) is 0 Å². The molecule has 0 aliphatic carbocycles. The Balaban J connectivity index is 1.21. The van der Waals surface area contributed by atoms with Crippen LogP contribution in [0.15, 0.2) is 126 Å². The first-order valence-corrected chi connectivity index (χ1v) is 19.5. The molecule has 0 N–H and O–H groups in total. The molecule has 1 nitrogen and oxygen atoms in total. The van der Waals surface area contributed by atoms with E-state index in [0.717, 1.165) is 27.3 Å².